The molecule has 3 aliphatic heterocycles. The van der Waals surface area contributed by atoms with E-state index >= 15 is 0 Å². The van der Waals surface area contributed by atoms with Gasteiger partial charge in [0.2, 0.25) is 0 Å². The van der Waals surface area contributed by atoms with Crippen molar-refractivity contribution in [3.8, 4) is 0 Å². The molecular formula is C11H18N2O5P+. The van der Waals surface area contributed by atoms with Crippen LogP contribution >= 0.6 is 8.02 Å². The van der Waals surface area contributed by atoms with E-state index in [1.54, 1.807) is 0 Å². The van der Waals surface area contributed by atoms with E-state index in [-0.39, 0.29) is 5.41 Å². The first kappa shape index (κ1) is 13.2. The van der Waals surface area contributed by atoms with Gasteiger partial charge in [-0.25, -0.2) is 18.6 Å². The smallest absolute Gasteiger partial charge is 0.381 e. The molecule has 0 saturated carbocycles. The Kier molecular flexibility index (Phi) is 3.25. The van der Waals surface area contributed by atoms with Crippen molar-refractivity contribution in [3.05, 3.63) is 0 Å². The molecule has 0 aromatic carbocycles. The van der Waals surface area contributed by atoms with Crippen LogP contribution in [0, 0.1) is 11.3 Å². The Morgan fingerprint density at radius 3 is 2.16 bits per heavy atom. The Hall–Kier alpha value is -0.750. The monoisotopic (exact) mass is 289 g/mol. The molecule has 0 aromatic heterocycles. The molecule has 3 heterocycles. The second-order valence-corrected chi connectivity index (χ2v) is 7.48. The first-order valence-electron chi connectivity index (χ1n) is 6.48. The van der Waals surface area contributed by atoms with E-state index in [1.807, 2.05) is 0 Å². The molecule has 0 bridgehead atoms. The molecule has 0 aliphatic carbocycles. The summed E-state index contributed by atoms with van der Waals surface area (Å²) in [6, 6.07) is 0. The highest BCUT2D eigenvalue weighted by Crippen LogP contribution is 2.59. The van der Waals surface area contributed by atoms with Gasteiger partial charge in [0, 0.05) is 31.7 Å². The van der Waals surface area contributed by atoms with Crippen LogP contribution in [0.5, 0.6) is 0 Å². The van der Waals surface area contributed by atoms with Crippen LogP contribution in [0.15, 0.2) is 0 Å². The van der Waals surface area contributed by atoms with Crippen LogP contribution < -0.4 is 10.2 Å². The van der Waals surface area contributed by atoms with Crippen molar-refractivity contribution in [2.75, 3.05) is 26.3 Å². The summed E-state index contributed by atoms with van der Waals surface area (Å²) in [5.41, 5.74) is 0.103. The van der Waals surface area contributed by atoms with Gasteiger partial charge in [0.1, 0.15) is 0 Å². The van der Waals surface area contributed by atoms with Crippen LogP contribution in [0.4, 0.5) is 0 Å². The number of hydrogen-bond acceptors (Lipinski definition) is 7. The number of carbonyl (C=O) groups is 2. The van der Waals surface area contributed by atoms with E-state index in [2.05, 4.69) is 10.2 Å². The highest BCUT2D eigenvalue weighted by molar-refractivity contribution is 7.63. The minimum absolute atomic E-state index is 0.103. The first-order chi connectivity index (χ1) is 9.04. The Labute approximate surface area is 112 Å². The lowest BCUT2D eigenvalue weighted by atomic mass is 9.80. The highest BCUT2D eigenvalue weighted by Gasteiger charge is 2.61. The van der Waals surface area contributed by atoms with Gasteiger partial charge in [-0.3, -0.25) is 0 Å². The SMILES string of the molecule is CC1C(=O)O[P+]2(NCC3(CCOCC3)CN2)OC1=O. The van der Waals surface area contributed by atoms with Crippen LogP contribution in [0.3, 0.4) is 0 Å². The maximum atomic E-state index is 11.7. The van der Waals surface area contributed by atoms with Gasteiger partial charge in [0.05, 0.1) is 0 Å². The number of hydrogen-bond donors (Lipinski definition) is 2. The van der Waals surface area contributed by atoms with Crippen LogP contribution in [-0.2, 0) is 23.4 Å². The Morgan fingerprint density at radius 2 is 1.63 bits per heavy atom. The van der Waals surface area contributed by atoms with Crippen molar-refractivity contribution >= 4 is 20.0 Å². The lowest BCUT2D eigenvalue weighted by Crippen LogP contribution is -2.55. The molecule has 19 heavy (non-hydrogen) atoms. The molecule has 0 atom stereocenters. The third-order valence-corrected chi connectivity index (χ3v) is 6.05. The Balaban J connectivity index is 1.69. The van der Waals surface area contributed by atoms with E-state index in [1.165, 1.54) is 6.92 Å². The van der Waals surface area contributed by atoms with E-state index < -0.39 is 25.9 Å². The highest BCUT2D eigenvalue weighted by atomic mass is 31.2. The number of ether oxygens (including phenoxy) is 1. The molecule has 2 N–H and O–H groups in total. The molecule has 3 saturated heterocycles. The third kappa shape index (κ3) is 2.36. The summed E-state index contributed by atoms with van der Waals surface area (Å²) in [6.45, 7) is 4.32. The molecule has 3 rings (SSSR count). The number of nitrogens with one attached hydrogen (secondary N) is 2. The zero-order valence-electron chi connectivity index (χ0n) is 10.8. The summed E-state index contributed by atoms with van der Waals surface area (Å²) in [5.74, 6) is -1.88. The van der Waals surface area contributed by atoms with Crippen molar-refractivity contribution < 1.29 is 23.4 Å². The fourth-order valence-corrected chi connectivity index (χ4v) is 4.79. The lowest BCUT2D eigenvalue weighted by Gasteiger charge is -2.42. The predicted molar refractivity (Wildman–Crippen MR) is 66.8 cm³/mol. The van der Waals surface area contributed by atoms with E-state index in [9.17, 15) is 9.59 Å². The van der Waals surface area contributed by atoms with Crippen molar-refractivity contribution in [1.29, 1.82) is 0 Å². The summed E-state index contributed by atoms with van der Waals surface area (Å²) in [6.07, 6.45) is 1.90. The van der Waals surface area contributed by atoms with Gasteiger partial charge in [-0.2, -0.15) is 0 Å². The van der Waals surface area contributed by atoms with Crippen molar-refractivity contribution in [3.63, 3.8) is 0 Å². The average molecular weight is 289 g/mol. The fraction of sp³-hybridized carbons (Fsp3) is 0.818. The van der Waals surface area contributed by atoms with E-state index in [4.69, 9.17) is 13.8 Å². The second-order valence-electron chi connectivity index (χ2n) is 5.38. The maximum Gasteiger partial charge on any atom is 0.526 e. The quantitative estimate of drug-likeness (QED) is 0.493. The summed E-state index contributed by atoms with van der Waals surface area (Å²) in [4.78, 5) is 23.3. The summed E-state index contributed by atoms with van der Waals surface area (Å²) < 4.78 is 16.0. The van der Waals surface area contributed by atoms with Gasteiger partial charge in [0.25, 0.3) is 0 Å². The largest absolute Gasteiger partial charge is 0.526 e. The minimum atomic E-state index is -2.77. The normalized spacial score (nSPS) is 30.2. The average Bonchev–Trinajstić information content (AvgIpc) is 2.41. The van der Waals surface area contributed by atoms with Gasteiger partial charge in [-0.1, -0.05) is 0 Å². The van der Waals surface area contributed by atoms with Crippen LogP contribution in [0.2, 0.25) is 0 Å². The lowest BCUT2D eigenvalue weighted by molar-refractivity contribution is -0.157. The minimum Gasteiger partial charge on any atom is -0.381 e. The summed E-state index contributed by atoms with van der Waals surface area (Å²) in [7, 11) is -2.77. The summed E-state index contributed by atoms with van der Waals surface area (Å²) >= 11 is 0. The molecule has 2 spiro atoms. The molecule has 3 fully saturated rings. The fourth-order valence-electron chi connectivity index (χ4n) is 2.48. The predicted octanol–water partition coefficient (Wildman–Crippen LogP) is 0.390. The van der Waals surface area contributed by atoms with Crippen LogP contribution in [0.25, 0.3) is 0 Å². The molecule has 0 amide bonds. The Bertz CT molecular complexity index is 380. The molecule has 0 unspecified atom stereocenters. The standard InChI is InChI=1S/C11H18N2O5P/c1-8-9(14)17-19(18-10(8)15)12-6-11(7-13-19)2-4-16-5-3-11/h8,12-13H,2-7H2,1H3/q+1. The Morgan fingerprint density at radius 1 is 1.11 bits per heavy atom. The van der Waals surface area contributed by atoms with Crippen molar-refractivity contribution in [1.82, 2.24) is 10.2 Å². The van der Waals surface area contributed by atoms with Crippen LogP contribution in [0.1, 0.15) is 19.8 Å². The molecule has 3 aliphatic rings. The maximum absolute atomic E-state index is 11.7. The third-order valence-electron chi connectivity index (χ3n) is 4.02. The molecule has 0 radical (unpaired) electrons. The van der Waals surface area contributed by atoms with Gasteiger partial charge in [0.15, 0.2) is 5.92 Å². The topological polar surface area (TPSA) is 85.9 Å². The van der Waals surface area contributed by atoms with Crippen molar-refractivity contribution in [2.45, 2.75) is 19.8 Å². The zero-order valence-corrected chi connectivity index (χ0v) is 11.7. The summed E-state index contributed by atoms with van der Waals surface area (Å²) in [5, 5.41) is 6.27. The first-order valence-corrected chi connectivity index (χ1v) is 8.11. The number of rotatable bonds is 0. The molecular weight excluding hydrogens is 271 g/mol. The molecule has 8 heteroatoms. The molecule has 106 valence electrons. The van der Waals surface area contributed by atoms with Gasteiger partial charge in [-0.15, -0.1) is 10.2 Å². The van der Waals surface area contributed by atoms with Crippen LogP contribution in [-0.4, -0.2) is 38.2 Å². The van der Waals surface area contributed by atoms with Crippen molar-refractivity contribution in [2.24, 2.45) is 11.3 Å². The van der Waals surface area contributed by atoms with Gasteiger partial charge < -0.3 is 4.74 Å². The van der Waals surface area contributed by atoms with E-state index in [0.717, 1.165) is 26.1 Å². The van der Waals surface area contributed by atoms with Gasteiger partial charge in [-0.05, 0) is 19.8 Å². The zero-order chi connectivity index (χ0) is 13.5. The molecule has 0 aromatic rings. The number of carbonyl (C=O) groups excluding carboxylic acids is 2. The molecule has 7 nitrogen and oxygen atoms in total. The van der Waals surface area contributed by atoms with Gasteiger partial charge >= 0.3 is 20.0 Å². The van der Waals surface area contributed by atoms with E-state index in [0.29, 0.717) is 13.1 Å². The second kappa shape index (κ2) is 4.66.